The number of carbonyl (C=O) groups is 2. The number of hydrogen-bond donors (Lipinski definition) is 3. The van der Waals surface area contributed by atoms with Gasteiger partial charge in [0.1, 0.15) is 0 Å². The minimum Gasteiger partial charge on any atom is -0.504 e. The summed E-state index contributed by atoms with van der Waals surface area (Å²) in [4.78, 5) is 23.4. The molecular weight excluding hydrogens is 334 g/mol. The van der Waals surface area contributed by atoms with E-state index in [2.05, 4.69) is 15.8 Å². The third kappa shape index (κ3) is 4.47. The number of para-hydroxylation sites is 1. The normalized spacial score (nSPS) is 10.4. The third-order valence-corrected chi connectivity index (χ3v) is 3.18. The van der Waals surface area contributed by atoms with E-state index in [-0.39, 0.29) is 11.5 Å². The van der Waals surface area contributed by atoms with Crippen molar-refractivity contribution in [1.82, 2.24) is 5.43 Å². The highest BCUT2D eigenvalue weighted by atomic mass is 35.5. The topological polar surface area (TPSA) is 100 Å². The van der Waals surface area contributed by atoms with Gasteiger partial charge >= 0.3 is 11.8 Å². The molecule has 8 heteroatoms. The Hall–Kier alpha value is -3.06. The van der Waals surface area contributed by atoms with Gasteiger partial charge in [-0.1, -0.05) is 17.7 Å². The van der Waals surface area contributed by atoms with Crippen LogP contribution in [0.4, 0.5) is 5.69 Å². The molecule has 0 saturated heterocycles. The molecular formula is C16H14ClN3O4. The van der Waals surface area contributed by atoms with Crippen LogP contribution in [0.5, 0.6) is 11.5 Å². The monoisotopic (exact) mass is 347 g/mol. The van der Waals surface area contributed by atoms with Crippen molar-refractivity contribution in [2.75, 3.05) is 12.4 Å². The predicted octanol–water partition coefficient (Wildman–Crippen LogP) is 2.14. The number of phenols is 1. The Balaban J connectivity index is 1.95. The number of methoxy groups -OCH3 is 1. The number of amides is 2. The summed E-state index contributed by atoms with van der Waals surface area (Å²) in [6.07, 6.45) is 1.20. The molecule has 2 aromatic carbocycles. The quantitative estimate of drug-likeness (QED) is 0.448. The summed E-state index contributed by atoms with van der Waals surface area (Å²) in [6.45, 7) is 0. The summed E-state index contributed by atoms with van der Waals surface area (Å²) in [5.74, 6) is -1.69. The summed E-state index contributed by atoms with van der Waals surface area (Å²) in [5.41, 5.74) is 2.82. The van der Waals surface area contributed by atoms with Crippen LogP contribution in [0, 0.1) is 0 Å². The highest BCUT2D eigenvalue weighted by Crippen LogP contribution is 2.27. The number of benzene rings is 2. The number of hydrogen-bond acceptors (Lipinski definition) is 5. The van der Waals surface area contributed by atoms with E-state index in [0.717, 1.165) is 0 Å². The first-order chi connectivity index (χ1) is 11.5. The number of hydrazone groups is 1. The van der Waals surface area contributed by atoms with Gasteiger partial charge in [0.05, 0.1) is 13.3 Å². The van der Waals surface area contributed by atoms with Gasteiger partial charge in [0.15, 0.2) is 11.5 Å². The number of aromatic hydroxyl groups is 1. The lowest BCUT2D eigenvalue weighted by Gasteiger charge is -2.05. The molecule has 0 aliphatic rings. The van der Waals surface area contributed by atoms with Gasteiger partial charge in [0.25, 0.3) is 0 Å². The number of ether oxygens (including phenoxy) is 1. The number of rotatable bonds is 4. The minimum absolute atomic E-state index is 0.122. The second kappa shape index (κ2) is 7.98. The number of halogens is 1. The maximum atomic E-state index is 11.7. The van der Waals surface area contributed by atoms with Gasteiger partial charge < -0.3 is 15.2 Å². The molecule has 3 N–H and O–H groups in total. The summed E-state index contributed by atoms with van der Waals surface area (Å²) < 4.78 is 4.95. The van der Waals surface area contributed by atoms with Gasteiger partial charge in [0.2, 0.25) is 0 Å². The zero-order valence-electron chi connectivity index (χ0n) is 12.6. The maximum Gasteiger partial charge on any atom is 0.329 e. The molecule has 2 rings (SSSR count). The molecule has 0 aliphatic heterocycles. The summed E-state index contributed by atoms with van der Waals surface area (Å²) in [6, 6.07) is 11.1. The molecule has 0 heterocycles. The molecule has 0 atom stereocenters. The smallest absolute Gasteiger partial charge is 0.329 e. The second-order valence-corrected chi connectivity index (χ2v) is 4.99. The van der Waals surface area contributed by atoms with Crippen molar-refractivity contribution in [2.24, 2.45) is 5.10 Å². The van der Waals surface area contributed by atoms with Gasteiger partial charge in [-0.25, -0.2) is 5.43 Å². The van der Waals surface area contributed by atoms with Crippen molar-refractivity contribution >= 4 is 35.3 Å². The van der Waals surface area contributed by atoms with Gasteiger partial charge in [-0.3, -0.25) is 9.59 Å². The Bertz CT molecular complexity index is 775. The molecule has 2 amide bonds. The van der Waals surface area contributed by atoms with Crippen LogP contribution < -0.4 is 15.5 Å². The van der Waals surface area contributed by atoms with Crippen molar-refractivity contribution in [1.29, 1.82) is 0 Å². The van der Waals surface area contributed by atoms with E-state index >= 15 is 0 Å². The second-order valence-electron chi connectivity index (χ2n) is 4.56. The number of phenolic OH excluding ortho intramolecular Hbond substituents is 1. The van der Waals surface area contributed by atoms with E-state index in [0.29, 0.717) is 16.3 Å². The first kappa shape index (κ1) is 17.3. The number of nitrogens with one attached hydrogen (secondary N) is 2. The highest BCUT2D eigenvalue weighted by Gasteiger charge is 2.13. The van der Waals surface area contributed by atoms with E-state index in [9.17, 15) is 14.7 Å². The molecule has 0 saturated carbocycles. The van der Waals surface area contributed by atoms with Gasteiger partial charge in [-0.15, -0.1) is 0 Å². The molecule has 24 heavy (non-hydrogen) atoms. The molecule has 2 aromatic rings. The SMILES string of the molecule is COc1cccc(C=NNC(=O)C(=O)Nc2ccc(Cl)cc2)c1O. The minimum atomic E-state index is -0.955. The average molecular weight is 348 g/mol. The fourth-order valence-electron chi connectivity index (χ4n) is 1.74. The van der Waals surface area contributed by atoms with Crippen LogP contribution >= 0.6 is 11.6 Å². The Kier molecular flexibility index (Phi) is 5.75. The lowest BCUT2D eigenvalue weighted by Crippen LogP contribution is -2.32. The van der Waals surface area contributed by atoms with E-state index in [1.54, 1.807) is 42.5 Å². The Morgan fingerprint density at radius 3 is 2.54 bits per heavy atom. The lowest BCUT2D eigenvalue weighted by atomic mass is 10.2. The van der Waals surface area contributed by atoms with Gasteiger partial charge in [0, 0.05) is 16.3 Å². The van der Waals surface area contributed by atoms with Crippen LogP contribution in [0.2, 0.25) is 5.02 Å². The molecule has 7 nitrogen and oxygen atoms in total. The van der Waals surface area contributed by atoms with Crippen molar-refractivity contribution in [3.05, 3.63) is 53.1 Å². The third-order valence-electron chi connectivity index (χ3n) is 2.93. The zero-order valence-corrected chi connectivity index (χ0v) is 13.4. The predicted molar refractivity (Wildman–Crippen MR) is 90.5 cm³/mol. The van der Waals surface area contributed by atoms with E-state index in [4.69, 9.17) is 16.3 Å². The molecule has 0 aromatic heterocycles. The van der Waals surface area contributed by atoms with Crippen LogP contribution in [-0.2, 0) is 9.59 Å². The molecule has 0 unspecified atom stereocenters. The van der Waals surface area contributed by atoms with Crippen LogP contribution in [0.15, 0.2) is 47.6 Å². The summed E-state index contributed by atoms with van der Waals surface area (Å²) in [5, 5.41) is 16.4. The molecule has 0 bridgehead atoms. The van der Waals surface area contributed by atoms with Crippen LogP contribution in [-0.4, -0.2) is 30.2 Å². The summed E-state index contributed by atoms with van der Waals surface area (Å²) in [7, 11) is 1.42. The Morgan fingerprint density at radius 1 is 1.17 bits per heavy atom. The average Bonchev–Trinajstić information content (AvgIpc) is 2.58. The Morgan fingerprint density at radius 2 is 1.88 bits per heavy atom. The van der Waals surface area contributed by atoms with Crippen molar-refractivity contribution < 1.29 is 19.4 Å². The van der Waals surface area contributed by atoms with Crippen molar-refractivity contribution in [3.8, 4) is 11.5 Å². The van der Waals surface area contributed by atoms with Crippen molar-refractivity contribution in [3.63, 3.8) is 0 Å². The maximum absolute atomic E-state index is 11.7. The van der Waals surface area contributed by atoms with Crippen molar-refractivity contribution in [2.45, 2.75) is 0 Å². The van der Waals surface area contributed by atoms with E-state index in [1.807, 2.05) is 0 Å². The molecule has 0 fully saturated rings. The fourth-order valence-corrected chi connectivity index (χ4v) is 1.87. The first-order valence-corrected chi connectivity index (χ1v) is 7.15. The zero-order chi connectivity index (χ0) is 17.5. The van der Waals surface area contributed by atoms with Crippen LogP contribution in [0.3, 0.4) is 0 Å². The van der Waals surface area contributed by atoms with Crippen LogP contribution in [0.1, 0.15) is 5.56 Å². The molecule has 124 valence electrons. The highest BCUT2D eigenvalue weighted by molar-refractivity contribution is 6.39. The van der Waals surface area contributed by atoms with Gasteiger partial charge in [-0.05, 0) is 36.4 Å². The molecule has 0 aliphatic carbocycles. The van der Waals surface area contributed by atoms with E-state index in [1.165, 1.54) is 13.3 Å². The fraction of sp³-hybridized carbons (Fsp3) is 0.0625. The standard InChI is InChI=1S/C16H14ClN3O4/c1-24-13-4-2-3-10(14(13)21)9-18-20-16(23)15(22)19-12-7-5-11(17)6-8-12/h2-9,21H,1H3,(H,19,22)(H,20,23). The van der Waals surface area contributed by atoms with E-state index < -0.39 is 11.8 Å². The first-order valence-electron chi connectivity index (χ1n) is 6.77. The lowest BCUT2D eigenvalue weighted by molar-refractivity contribution is -0.136. The molecule has 0 spiro atoms. The number of anilines is 1. The number of carbonyl (C=O) groups excluding carboxylic acids is 2. The molecule has 0 radical (unpaired) electrons. The van der Waals surface area contributed by atoms with Crippen LogP contribution in [0.25, 0.3) is 0 Å². The Labute approximate surface area is 142 Å². The largest absolute Gasteiger partial charge is 0.504 e. The summed E-state index contributed by atoms with van der Waals surface area (Å²) >= 11 is 5.73. The number of nitrogens with zero attached hydrogens (tertiary/aromatic N) is 1. The van der Waals surface area contributed by atoms with Gasteiger partial charge in [-0.2, -0.15) is 5.10 Å².